The summed E-state index contributed by atoms with van der Waals surface area (Å²) in [7, 11) is 0. The van der Waals surface area contributed by atoms with Crippen LogP contribution in [0.25, 0.3) is 0 Å². The van der Waals surface area contributed by atoms with Crippen LogP contribution in [-0.4, -0.2) is 18.6 Å². The van der Waals surface area contributed by atoms with Gasteiger partial charge in [0.2, 0.25) is 0 Å². The van der Waals surface area contributed by atoms with E-state index in [1.807, 2.05) is 6.92 Å². The van der Waals surface area contributed by atoms with E-state index in [2.05, 4.69) is 10.6 Å². The zero-order valence-electron chi connectivity index (χ0n) is 7.02. The lowest BCUT2D eigenvalue weighted by Crippen LogP contribution is -2.40. The number of urea groups is 1. The maximum Gasteiger partial charge on any atom is 0.314 e. The third-order valence-electron chi connectivity index (χ3n) is 2.03. The monoisotopic (exact) mass is 156 g/mol. The van der Waals surface area contributed by atoms with Crippen molar-refractivity contribution in [1.82, 2.24) is 10.6 Å². The summed E-state index contributed by atoms with van der Waals surface area (Å²) in [5, 5.41) is 5.65. The second-order valence-electron chi connectivity index (χ2n) is 2.99. The molecule has 3 nitrogen and oxygen atoms in total. The summed E-state index contributed by atoms with van der Waals surface area (Å²) in [5.74, 6) is 0. The molecule has 0 heterocycles. The van der Waals surface area contributed by atoms with Crippen molar-refractivity contribution in [2.75, 3.05) is 6.54 Å². The molecular formula is C8H16N2O. The highest BCUT2D eigenvalue weighted by atomic mass is 16.2. The molecule has 0 saturated heterocycles. The van der Waals surface area contributed by atoms with Crippen molar-refractivity contribution in [2.24, 2.45) is 0 Å². The highest BCUT2D eigenvalue weighted by Crippen LogP contribution is 2.17. The molecule has 0 spiro atoms. The lowest BCUT2D eigenvalue weighted by molar-refractivity contribution is 0.237. The van der Waals surface area contributed by atoms with Crippen LogP contribution in [0.3, 0.4) is 0 Å². The van der Waals surface area contributed by atoms with Crippen LogP contribution in [0.1, 0.15) is 32.6 Å². The highest BCUT2D eigenvalue weighted by molar-refractivity contribution is 5.74. The molecule has 0 aromatic heterocycles. The molecule has 0 aromatic carbocycles. The molecule has 1 rings (SSSR count). The molecular weight excluding hydrogens is 140 g/mol. The predicted molar refractivity (Wildman–Crippen MR) is 44.5 cm³/mol. The minimum Gasteiger partial charge on any atom is -0.338 e. The summed E-state index contributed by atoms with van der Waals surface area (Å²) >= 11 is 0. The molecule has 11 heavy (non-hydrogen) atoms. The van der Waals surface area contributed by atoms with Gasteiger partial charge < -0.3 is 10.6 Å². The van der Waals surface area contributed by atoms with E-state index in [-0.39, 0.29) is 6.03 Å². The average molecular weight is 156 g/mol. The number of nitrogens with one attached hydrogen (secondary N) is 2. The molecule has 0 unspecified atom stereocenters. The van der Waals surface area contributed by atoms with Gasteiger partial charge in [0.1, 0.15) is 0 Å². The van der Waals surface area contributed by atoms with Gasteiger partial charge in [-0.1, -0.05) is 12.8 Å². The van der Waals surface area contributed by atoms with E-state index >= 15 is 0 Å². The Morgan fingerprint density at radius 1 is 1.45 bits per heavy atom. The van der Waals surface area contributed by atoms with Crippen LogP contribution >= 0.6 is 0 Å². The minimum atomic E-state index is -0.0144. The van der Waals surface area contributed by atoms with Crippen LogP contribution in [0.5, 0.6) is 0 Å². The number of amides is 2. The van der Waals surface area contributed by atoms with Gasteiger partial charge in [-0.2, -0.15) is 0 Å². The standard InChI is InChI=1S/C8H16N2O/c1-2-9-8(11)10-7-5-3-4-6-7/h7H,2-6H2,1H3,(H2,9,10,11). The van der Waals surface area contributed by atoms with Gasteiger partial charge in [0.15, 0.2) is 0 Å². The highest BCUT2D eigenvalue weighted by Gasteiger charge is 2.15. The van der Waals surface area contributed by atoms with E-state index in [0.717, 1.165) is 12.8 Å². The Balaban J connectivity index is 2.13. The lowest BCUT2D eigenvalue weighted by atomic mass is 10.3. The summed E-state index contributed by atoms with van der Waals surface area (Å²) in [4.78, 5) is 11.0. The quantitative estimate of drug-likeness (QED) is 0.620. The SMILES string of the molecule is CCNC(=O)NC1CCCC1. The molecule has 0 bridgehead atoms. The first-order valence-electron chi connectivity index (χ1n) is 4.37. The van der Waals surface area contributed by atoms with Crippen LogP contribution in [-0.2, 0) is 0 Å². The molecule has 1 aliphatic carbocycles. The van der Waals surface area contributed by atoms with E-state index in [1.54, 1.807) is 0 Å². The first-order chi connectivity index (χ1) is 5.33. The third kappa shape index (κ3) is 2.78. The van der Waals surface area contributed by atoms with Crippen molar-refractivity contribution in [1.29, 1.82) is 0 Å². The number of hydrogen-bond donors (Lipinski definition) is 2. The molecule has 2 amide bonds. The number of carbonyl (C=O) groups excluding carboxylic acids is 1. The molecule has 0 aliphatic heterocycles. The summed E-state index contributed by atoms with van der Waals surface area (Å²) < 4.78 is 0. The van der Waals surface area contributed by atoms with E-state index in [9.17, 15) is 4.79 Å². The normalized spacial score (nSPS) is 18.3. The molecule has 1 fully saturated rings. The minimum absolute atomic E-state index is 0.0144. The van der Waals surface area contributed by atoms with Gasteiger partial charge in [0.25, 0.3) is 0 Å². The fourth-order valence-corrected chi connectivity index (χ4v) is 1.47. The van der Waals surface area contributed by atoms with Gasteiger partial charge in [-0.3, -0.25) is 0 Å². The number of carbonyl (C=O) groups is 1. The zero-order chi connectivity index (χ0) is 8.10. The van der Waals surface area contributed by atoms with Crippen molar-refractivity contribution in [3.63, 3.8) is 0 Å². The van der Waals surface area contributed by atoms with Gasteiger partial charge in [0.05, 0.1) is 0 Å². The second kappa shape index (κ2) is 4.21. The first-order valence-corrected chi connectivity index (χ1v) is 4.37. The lowest BCUT2D eigenvalue weighted by Gasteiger charge is -2.11. The van der Waals surface area contributed by atoms with Crippen LogP contribution in [0.2, 0.25) is 0 Å². The summed E-state index contributed by atoms with van der Waals surface area (Å²) in [6.07, 6.45) is 4.82. The Labute approximate surface area is 67.5 Å². The Kier molecular flexibility index (Phi) is 3.20. The van der Waals surface area contributed by atoms with Crippen molar-refractivity contribution >= 4 is 6.03 Å². The Bertz CT molecular complexity index is 130. The van der Waals surface area contributed by atoms with Gasteiger partial charge >= 0.3 is 6.03 Å². The molecule has 0 aromatic rings. The van der Waals surface area contributed by atoms with Crippen LogP contribution in [0.15, 0.2) is 0 Å². The molecule has 1 aliphatic rings. The number of rotatable bonds is 2. The fraction of sp³-hybridized carbons (Fsp3) is 0.875. The summed E-state index contributed by atoms with van der Waals surface area (Å²) in [6, 6.07) is 0.418. The fourth-order valence-electron chi connectivity index (χ4n) is 1.47. The van der Waals surface area contributed by atoms with E-state index < -0.39 is 0 Å². The van der Waals surface area contributed by atoms with Gasteiger partial charge in [-0.15, -0.1) is 0 Å². The maximum atomic E-state index is 11.0. The zero-order valence-corrected chi connectivity index (χ0v) is 7.02. The first kappa shape index (κ1) is 8.37. The third-order valence-corrected chi connectivity index (χ3v) is 2.03. The molecule has 3 heteroatoms. The smallest absolute Gasteiger partial charge is 0.314 e. The Hall–Kier alpha value is -0.730. The maximum absolute atomic E-state index is 11.0. The summed E-state index contributed by atoms with van der Waals surface area (Å²) in [5.41, 5.74) is 0. The van der Waals surface area contributed by atoms with E-state index in [0.29, 0.717) is 12.6 Å². The molecule has 0 radical (unpaired) electrons. The topological polar surface area (TPSA) is 41.1 Å². The molecule has 64 valence electrons. The second-order valence-corrected chi connectivity index (χ2v) is 2.99. The van der Waals surface area contributed by atoms with E-state index in [1.165, 1.54) is 12.8 Å². The molecule has 2 N–H and O–H groups in total. The van der Waals surface area contributed by atoms with E-state index in [4.69, 9.17) is 0 Å². The largest absolute Gasteiger partial charge is 0.338 e. The Morgan fingerprint density at radius 2 is 2.09 bits per heavy atom. The van der Waals surface area contributed by atoms with Crippen LogP contribution in [0.4, 0.5) is 4.79 Å². The van der Waals surface area contributed by atoms with Gasteiger partial charge in [0, 0.05) is 12.6 Å². The van der Waals surface area contributed by atoms with Gasteiger partial charge in [-0.25, -0.2) is 4.79 Å². The van der Waals surface area contributed by atoms with Crippen LogP contribution in [0, 0.1) is 0 Å². The summed E-state index contributed by atoms with van der Waals surface area (Å²) in [6.45, 7) is 2.63. The van der Waals surface area contributed by atoms with Crippen molar-refractivity contribution in [2.45, 2.75) is 38.6 Å². The van der Waals surface area contributed by atoms with Crippen molar-refractivity contribution in [3.05, 3.63) is 0 Å². The molecule has 0 atom stereocenters. The van der Waals surface area contributed by atoms with Crippen LogP contribution < -0.4 is 10.6 Å². The molecule has 1 saturated carbocycles. The number of hydrogen-bond acceptors (Lipinski definition) is 1. The Morgan fingerprint density at radius 3 is 2.64 bits per heavy atom. The average Bonchev–Trinajstić information content (AvgIpc) is 2.40. The van der Waals surface area contributed by atoms with Crippen molar-refractivity contribution < 1.29 is 4.79 Å². The van der Waals surface area contributed by atoms with Crippen molar-refractivity contribution in [3.8, 4) is 0 Å². The van der Waals surface area contributed by atoms with Gasteiger partial charge in [-0.05, 0) is 19.8 Å². The predicted octanol–water partition coefficient (Wildman–Crippen LogP) is 1.25.